The van der Waals surface area contributed by atoms with Crippen LogP contribution in [0.4, 0.5) is 24.8 Å². The number of carboxylic acids is 1. The molecule has 0 bridgehead atoms. The summed E-state index contributed by atoms with van der Waals surface area (Å²) in [6.45, 7) is 3.67. The molecule has 12 heteroatoms. The second-order valence-electron chi connectivity index (χ2n) is 9.49. The number of carboxylic acid groups (broad SMARTS) is 1. The molecule has 0 amide bonds. The van der Waals surface area contributed by atoms with Crippen molar-refractivity contribution in [1.82, 2.24) is 15.0 Å². The van der Waals surface area contributed by atoms with Crippen molar-refractivity contribution in [3.63, 3.8) is 0 Å². The number of carbonyl (C=O) groups is 1. The van der Waals surface area contributed by atoms with Crippen LogP contribution in [0.15, 0.2) is 36.7 Å². The van der Waals surface area contributed by atoms with Crippen LogP contribution in [0.25, 0.3) is 10.4 Å². The molecule has 2 aromatic heterocycles. The van der Waals surface area contributed by atoms with Crippen molar-refractivity contribution in [1.29, 1.82) is 0 Å². The number of nitrogens with zero attached hydrogens (tertiary/aromatic N) is 3. The fraction of sp³-hybridized carbons (Fsp3) is 0.417. The van der Waals surface area contributed by atoms with E-state index in [9.17, 15) is 28.2 Å². The molecule has 1 aliphatic rings. The lowest BCUT2D eigenvalue weighted by molar-refractivity contribution is -0.154. The zero-order chi connectivity index (χ0) is 26.3. The number of methoxy groups -OCH3 is 1. The molecule has 2 heterocycles. The molecule has 2 unspecified atom stereocenters. The number of ether oxygens (including phenoxy) is 1. The standard InChI is InChI=1S/C24H25F3N4O4S/c1-22(2)12-23(34,6-4-16(22)19(32)33)20-29-11-17(36-20)13-8-14(10-15(9-13)35-3)30-21-28-7-5-18(31-21)24(25,26)27/h5,7-11,16,34H,4,6,12H2,1-3H3,(H,32,33)(H,28,30,31). The third kappa shape index (κ3) is 5.29. The Labute approximate surface area is 209 Å². The van der Waals surface area contributed by atoms with E-state index in [1.54, 1.807) is 24.4 Å². The van der Waals surface area contributed by atoms with Gasteiger partial charge in [0.1, 0.15) is 22.1 Å². The van der Waals surface area contributed by atoms with Crippen LogP contribution in [0.5, 0.6) is 5.75 Å². The van der Waals surface area contributed by atoms with Crippen LogP contribution in [0.1, 0.15) is 43.8 Å². The van der Waals surface area contributed by atoms with Crippen LogP contribution in [0.3, 0.4) is 0 Å². The first kappa shape index (κ1) is 25.8. The number of benzene rings is 1. The van der Waals surface area contributed by atoms with Gasteiger partial charge in [0.15, 0.2) is 0 Å². The average Bonchev–Trinajstić information content (AvgIpc) is 3.29. The lowest BCUT2D eigenvalue weighted by Gasteiger charge is -2.44. The molecule has 0 radical (unpaired) electrons. The fourth-order valence-electron chi connectivity index (χ4n) is 4.64. The highest BCUT2D eigenvalue weighted by molar-refractivity contribution is 7.15. The first-order chi connectivity index (χ1) is 16.8. The quantitative estimate of drug-likeness (QED) is 0.390. The predicted molar refractivity (Wildman–Crippen MR) is 127 cm³/mol. The van der Waals surface area contributed by atoms with Crippen molar-refractivity contribution < 1.29 is 32.9 Å². The minimum absolute atomic E-state index is 0.222. The van der Waals surface area contributed by atoms with Gasteiger partial charge in [0.05, 0.1) is 17.9 Å². The minimum atomic E-state index is -4.60. The maximum atomic E-state index is 13.0. The minimum Gasteiger partial charge on any atom is -0.497 e. The van der Waals surface area contributed by atoms with E-state index in [0.29, 0.717) is 33.3 Å². The Morgan fingerprint density at radius 3 is 2.64 bits per heavy atom. The highest BCUT2D eigenvalue weighted by atomic mass is 32.1. The molecule has 1 fully saturated rings. The van der Waals surface area contributed by atoms with Crippen molar-refractivity contribution >= 4 is 28.9 Å². The number of nitrogens with one attached hydrogen (secondary N) is 1. The van der Waals surface area contributed by atoms with Crippen molar-refractivity contribution in [2.75, 3.05) is 12.4 Å². The van der Waals surface area contributed by atoms with Crippen LogP contribution in [0, 0.1) is 11.3 Å². The van der Waals surface area contributed by atoms with Gasteiger partial charge in [-0.1, -0.05) is 13.8 Å². The van der Waals surface area contributed by atoms with E-state index < -0.39 is 34.8 Å². The number of hydrogen-bond donors (Lipinski definition) is 3. The van der Waals surface area contributed by atoms with Gasteiger partial charge < -0.3 is 20.3 Å². The Morgan fingerprint density at radius 2 is 2.00 bits per heavy atom. The number of aliphatic hydroxyl groups is 1. The van der Waals surface area contributed by atoms with Crippen LogP contribution in [-0.4, -0.2) is 38.2 Å². The highest BCUT2D eigenvalue weighted by Gasteiger charge is 2.49. The first-order valence-electron chi connectivity index (χ1n) is 11.1. The van der Waals surface area contributed by atoms with Gasteiger partial charge in [0.25, 0.3) is 0 Å². The molecule has 1 aromatic carbocycles. The van der Waals surface area contributed by atoms with E-state index in [0.717, 1.165) is 12.3 Å². The lowest BCUT2D eigenvalue weighted by atomic mass is 9.63. The average molecular weight is 523 g/mol. The maximum absolute atomic E-state index is 13.0. The van der Waals surface area contributed by atoms with Gasteiger partial charge in [-0.2, -0.15) is 13.2 Å². The van der Waals surface area contributed by atoms with E-state index in [4.69, 9.17) is 4.74 Å². The number of aromatic nitrogens is 3. The summed E-state index contributed by atoms with van der Waals surface area (Å²) >= 11 is 1.27. The Bertz CT molecular complexity index is 1280. The zero-order valence-electron chi connectivity index (χ0n) is 19.8. The predicted octanol–water partition coefficient (Wildman–Crippen LogP) is 5.47. The third-order valence-corrected chi connectivity index (χ3v) is 7.61. The van der Waals surface area contributed by atoms with E-state index in [-0.39, 0.29) is 18.8 Å². The molecular formula is C24H25F3N4O4S. The Hall–Kier alpha value is -3.25. The van der Waals surface area contributed by atoms with Crippen molar-refractivity contribution in [2.24, 2.45) is 11.3 Å². The van der Waals surface area contributed by atoms with Gasteiger partial charge in [-0.05, 0) is 48.4 Å². The molecule has 192 valence electrons. The topological polar surface area (TPSA) is 117 Å². The summed E-state index contributed by atoms with van der Waals surface area (Å²) in [4.78, 5) is 24.2. The molecule has 0 aliphatic heterocycles. The van der Waals surface area contributed by atoms with Crippen LogP contribution in [-0.2, 0) is 16.6 Å². The van der Waals surface area contributed by atoms with Crippen LogP contribution >= 0.6 is 11.3 Å². The lowest BCUT2D eigenvalue weighted by Crippen LogP contribution is -2.44. The van der Waals surface area contributed by atoms with Crippen molar-refractivity contribution in [2.45, 2.75) is 44.9 Å². The zero-order valence-corrected chi connectivity index (χ0v) is 20.6. The third-order valence-electron chi connectivity index (χ3n) is 6.37. The molecule has 1 saturated carbocycles. The number of rotatable bonds is 6. The molecule has 1 aliphatic carbocycles. The fourth-order valence-corrected chi connectivity index (χ4v) is 5.66. The molecule has 0 saturated heterocycles. The van der Waals surface area contributed by atoms with Crippen LogP contribution < -0.4 is 10.1 Å². The van der Waals surface area contributed by atoms with Gasteiger partial charge in [-0.3, -0.25) is 4.79 Å². The van der Waals surface area contributed by atoms with E-state index in [1.807, 2.05) is 13.8 Å². The number of halogens is 3. The summed E-state index contributed by atoms with van der Waals surface area (Å²) in [6.07, 6.45) is -1.11. The Balaban J connectivity index is 1.62. The molecule has 4 rings (SSSR count). The molecule has 8 nitrogen and oxygen atoms in total. The Morgan fingerprint density at radius 1 is 1.25 bits per heavy atom. The SMILES string of the molecule is COc1cc(Nc2nccc(C(F)(F)F)n2)cc(-c2cnc(C3(O)CCC(C(=O)O)C(C)(C)C3)s2)c1. The number of thiazole rings is 1. The van der Waals surface area contributed by atoms with Gasteiger partial charge in [-0.15, -0.1) is 11.3 Å². The molecular weight excluding hydrogens is 497 g/mol. The molecule has 3 aromatic rings. The summed E-state index contributed by atoms with van der Waals surface area (Å²) in [5.74, 6) is -1.20. The maximum Gasteiger partial charge on any atom is 0.433 e. The van der Waals surface area contributed by atoms with Crippen molar-refractivity contribution in [3.05, 3.63) is 47.4 Å². The second kappa shape index (κ2) is 9.32. The van der Waals surface area contributed by atoms with E-state index in [1.165, 1.54) is 18.4 Å². The van der Waals surface area contributed by atoms with E-state index in [2.05, 4.69) is 20.3 Å². The van der Waals surface area contributed by atoms with Gasteiger partial charge in [0.2, 0.25) is 5.95 Å². The Kier molecular flexibility index (Phi) is 6.69. The second-order valence-corrected chi connectivity index (χ2v) is 10.5. The molecule has 36 heavy (non-hydrogen) atoms. The molecule has 3 N–H and O–H groups in total. The van der Waals surface area contributed by atoms with Gasteiger partial charge >= 0.3 is 12.1 Å². The van der Waals surface area contributed by atoms with Gasteiger partial charge in [-0.25, -0.2) is 15.0 Å². The van der Waals surface area contributed by atoms with Crippen LogP contribution in [0.2, 0.25) is 0 Å². The number of hydrogen-bond acceptors (Lipinski definition) is 8. The first-order valence-corrected chi connectivity index (χ1v) is 11.9. The number of alkyl halides is 3. The summed E-state index contributed by atoms with van der Waals surface area (Å²) in [6, 6.07) is 5.82. The summed E-state index contributed by atoms with van der Waals surface area (Å²) in [5, 5.41) is 24.2. The monoisotopic (exact) mass is 522 g/mol. The molecule has 2 atom stereocenters. The number of anilines is 2. The van der Waals surface area contributed by atoms with E-state index >= 15 is 0 Å². The summed E-state index contributed by atoms with van der Waals surface area (Å²) in [5.41, 5.74) is -1.88. The van der Waals surface area contributed by atoms with Crippen molar-refractivity contribution in [3.8, 4) is 16.2 Å². The largest absolute Gasteiger partial charge is 0.497 e. The number of aliphatic carboxylic acids is 1. The molecule has 0 spiro atoms. The smallest absolute Gasteiger partial charge is 0.433 e. The summed E-state index contributed by atoms with van der Waals surface area (Å²) in [7, 11) is 1.47. The summed E-state index contributed by atoms with van der Waals surface area (Å²) < 4.78 is 44.4. The highest BCUT2D eigenvalue weighted by Crippen LogP contribution is 2.51. The van der Waals surface area contributed by atoms with Gasteiger partial charge in [0, 0.05) is 24.1 Å². The normalized spacial score (nSPS) is 21.7.